The van der Waals surface area contributed by atoms with Gasteiger partial charge in [0, 0.05) is 12.2 Å². The molecule has 6 heteroatoms. The van der Waals surface area contributed by atoms with Crippen molar-refractivity contribution in [1.29, 1.82) is 0 Å². The van der Waals surface area contributed by atoms with E-state index in [0.29, 0.717) is 29.0 Å². The molecule has 1 aliphatic rings. The number of amidine groups is 1. The Morgan fingerprint density at radius 1 is 1.06 bits per heavy atom. The van der Waals surface area contributed by atoms with Crippen LogP contribution in [0.3, 0.4) is 0 Å². The van der Waals surface area contributed by atoms with E-state index in [4.69, 9.17) is 4.74 Å². The third-order valence-electron chi connectivity index (χ3n) is 4.97. The lowest BCUT2D eigenvalue weighted by molar-refractivity contribution is -0.122. The van der Waals surface area contributed by atoms with Gasteiger partial charge in [0.15, 0.2) is 11.0 Å². The summed E-state index contributed by atoms with van der Waals surface area (Å²) in [6.07, 6.45) is 1.89. The zero-order valence-electron chi connectivity index (χ0n) is 18.4. The molecule has 1 fully saturated rings. The fourth-order valence-electron chi connectivity index (χ4n) is 3.26. The van der Waals surface area contributed by atoms with Crippen molar-refractivity contribution in [2.45, 2.75) is 27.4 Å². The number of rotatable bonds is 6. The van der Waals surface area contributed by atoms with Gasteiger partial charge in [-0.15, -0.1) is 0 Å². The van der Waals surface area contributed by atoms with Gasteiger partial charge in [0.25, 0.3) is 5.91 Å². The number of hydrogen-bond acceptors (Lipinski definition) is 5. The van der Waals surface area contributed by atoms with E-state index in [2.05, 4.69) is 41.2 Å². The highest BCUT2D eigenvalue weighted by Gasteiger charge is 2.32. The van der Waals surface area contributed by atoms with Crippen LogP contribution in [-0.2, 0) is 11.4 Å². The molecule has 2 heterocycles. The van der Waals surface area contributed by atoms with E-state index in [1.54, 1.807) is 4.90 Å². The predicted octanol–water partition coefficient (Wildman–Crippen LogP) is 5.90. The summed E-state index contributed by atoms with van der Waals surface area (Å²) in [4.78, 5) is 24.3. The number of aryl methyl sites for hydroxylation is 2. The molecule has 1 amide bonds. The first-order chi connectivity index (χ1) is 15.5. The molecular formula is C26H25N3O2S. The topological polar surface area (TPSA) is 54.8 Å². The average Bonchev–Trinajstić information content (AvgIpc) is 3.07. The van der Waals surface area contributed by atoms with E-state index in [9.17, 15) is 4.79 Å². The van der Waals surface area contributed by atoms with Crippen LogP contribution in [-0.4, -0.2) is 27.5 Å². The number of aliphatic imine (C=N–C) groups is 1. The summed E-state index contributed by atoms with van der Waals surface area (Å²) >= 11 is 1.37. The minimum absolute atomic E-state index is 0.0464. The molecule has 0 N–H and O–H groups in total. The van der Waals surface area contributed by atoms with Gasteiger partial charge in [0.05, 0.1) is 4.91 Å². The van der Waals surface area contributed by atoms with Crippen LogP contribution in [0.4, 0.5) is 5.82 Å². The first-order valence-electron chi connectivity index (χ1n) is 10.5. The quantitative estimate of drug-likeness (QED) is 0.445. The summed E-state index contributed by atoms with van der Waals surface area (Å²) in [6.45, 7) is 6.98. The monoisotopic (exact) mass is 443 g/mol. The third kappa shape index (κ3) is 5.26. The van der Waals surface area contributed by atoms with Crippen LogP contribution in [0, 0.1) is 13.8 Å². The molecular weight excluding hydrogens is 418 g/mol. The van der Waals surface area contributed by atoms with E-state index >= 15 is 0 Å². The number of likely N-dealkylation sites (N-methyl/N-ethyl adjacent to an activating group) is 1. The molecule has 0 aliphatic carbocycles. The van der Waals surface area contributed by atoms with Crippen LogP contribution in [0.2, 0.25) is 0 Å². The molecule has 5 nitrogen and oxygen atoms in total. The smallest absolute Gasteiger partial charge is 0.266 e. The van der Waals surface area contributed by atoms with Gasteiger partial charge < -0.3 is 4.74 Å². The number of aromatic nitrogens is 1. The predicted molar refractivity (Wildman–Crippen MR) is 131 cm³/mol. The summed E-state index contributed by atoms with van der Waals surface area (Å²) in [6, 6.07) is 21.7. The van der Waals surface area contributed by atoms with Crippen LogP contribution >= 0.6 is 11.8 Å². The normalized spacial score (nSPS) is 16.2. The van der Waals surface area contributed by atoms with Crippen LogP contribution < -0.4 is 4.74 Å². The lowest BCUT2D eigenvalue weighted by Gasteiger charge is -2.11. The maximum Gasteiger partial charge on any atom is 0.266 e. The number of carbonyl (C=O) groups is 1. The molecule has 2 aromatic carbocycles. The number of benzene rings is 2. The minimum atomic E-state index is -0.0464. The number of ether oxygens (including phenoxy) is 1. The van der Waals surface area contributed by atoms with E-state index in [1.807, 2.05) is 62.4 Å². The Labute approximate surface area is 192 Å². The van der Waals surface area contributed by atoms with Gasteiger partial charge in [-0.1, -0.05) is 48.0 Å². The highest BCUT2D eigenvalue weighted by molar-refractivity contribution is 8.18. The fraction of sp³-hybridized carbons (Fsp3) is 0.192. The Bertz CT molecular complexity index is 1190. The Morgan fingerprint density at radius 3 is 2.59 bits per heavy atom. The van der Waals surface area contributed by atoms with Crippen LogP contribution in [0.1, 0.15) is 29.3 Å². The zero-order valence-corrected chi connectivity index (χ0v) is 19.2. The molecule has 0 atom stereocenters. The lowest BCUT2D eigenvalue weighted by Crippen LogP contribution is -2.28. The highest BCUT2D eigenvalue weighted by Crippen LogP contribution is 2.34. The van der Waals surface area contributed by atoms with Crippen molar-refractivity contribution in [3.63, 3.8) is 0 Å². The average molecular weight is 444 g/mol. The van der Waals surface area contributed by atoms with E-state index in [1.165, 1.54) is 17.3 Å². The molecule has 1 aliphatic heterocycles. The summed E-state index contributed by atoms with van der Waals surface area (Å²) in [5, 5.41) is 0.647. The molecule has 0 unspecified atom stereocenters. The van der Waals surface area contributed by atoms with Gasteiger partial charge in [0.1, 0.15) is 12.4 Å². The van der Waals surface area contributed by atoms with Gasteiger partial charge >= 0.3 is 0 Å². The molecule has 1 aromatic heterocycles. The van der Waals surface area contributed by atoms with E-state index < -0.39 is 0 Å². The second-order valence-electron chi connectivity index (χ2n) is 7.54. The summed E-state index contributed by atoms with van der Waals surface area (Å²) in [5.41, 5.74) is 4.14. The first-order valence-corrected chi connectivity index (χ1v) is 11.4. The molecule has 0 bridgehead atoms. The Balaban J connectivity index is 1.52. The number of thioether (sulfide) groups is 1. The number of carbonyl (C=O) groups excluding carboxylic acids is 1. The third-order valence-corrected chi connectivity index (χ3v) is 5.98. The molecule has 0 spiro atoms. The van der Waals surface area contributed by atoms with E-state index in [-0.39, 0.29) is 5.91 Å². The largest absolute Gasteiger partial charge is 0.489 e. The van der Waals surface area contributed by atoms with Gasteiger partial charge in [-0.05, 0) is 74.0 Å². The molecule has 3 aromatic rings. The molecule has 0 radical (unpaired) electrons. The minimum Gasteiger partial charge on any atom is -0.489 e. The summed E-state index contributed by atoms with van der Waals surface area (Å²) in [7, 11) is 0. The maximum absolute atomic E-state index is 12.9. The standard InChI is InChI=1S/C26H25N3O2S/c1-4-29-25(30)23(32-26(29)28-24-10-5-7-19(3)27-24)16-21-8-6-9-22(15-21)31-17-20-13-11-18(2)12-14-20/h5-16H,4,17H2,1-3H3/b23-16-,28-26+. The zero-order chi connectivity index (χ0) is 22.5. The van der Waals surface area contributed by atoms with Crippen molar-refractivity contribution >= 4 is 34.7 Å². The van der Waals surface area contributed by atoms with Crippen molar-refractivity contribution in [1.82, 2.24) is 9.88 Å². The first kappa shape index (κ1) is 21.8. The van der Waals surface area contributed by atoms with Gasteiger partial charge in [-0.25, -0.2) is 9.98 Å². The van der Waals surface area contributed by atoms with E-state index in [0.717, 1.165) is 22.6 Å². The second-order valence-corrected chi connectivity index (χ2v) is 8.55. The molecule has 32 heavy (non-hydrogen) atoms. The number of amides is 1. The van der Waals surface area contributed by atoms with Crippen LogP contribution in [0.5, 0.6) is 5.75 Å². The molecule has 162 valence electrons. The highest BCUT2D eigenvalue weighted by atomic mass is 32.2. The Morgan fingerprint density at radius 2 is 1.84 bits per heavy atom. The lowest BCUT2D eigenvalue weighted by atomic mass is 10.1. The maximum atomic E-state index is 12.9. The van der Waals surface area contributed by atoms with Crippen LogP contribution in [0.15, 0.2) is 76.6 Å². The number of nitrogens with zero attached hydrogens (tertiary/aromatic N) is 3. The van der Waals surface area contributed by atoms with Gasteiger partial charge in [-0.2, -0.15) is 0 Å². The molecule has 0 saturated carbocycles. The molecule has 1 saturated heterocycles. The van der Waals surface area contributed by atoms with Crippen molar-refractivity contribution in [2.24, 2.45) is 4.99 Å². The van der Waals surface area contributed by atoms with Crippen LogP contribution in [0.25, 0.3) is 6.08 Å². The second kappa shape index (κ2) is 9.83. The fourth-order valence-corrected chi connectivity index (χ4v) is 4.31. The Hall–Kier alpha value is -3.38. The number of hydrogen-bond donors (Lipinski definition) is 0. The Kier molecular flexibility index (Phi) is 6.71. The van der Waals surface area contributed by atoms with Crippen molar-refractivity contribution in [3.8, 4) is 5.75 Å². The van der Waals surface area contributed by atoms with Crippen molar-refractivity contribution in [2.75, 3.05) is 6.54 Å². The van der Waals surface area contributed by atoms with Crippen molar-refractivity contribution < 1.29 is 9.53 Å². The number of pyridine rings is 1. The van der Waals surface area contributed by atoms with Crippen molar-refractivity contribution in [3.05, 3.63) is 94.0 Å². The van der Waals surface area contributed by atoms with Gasteiger partial charge in [-0.3, -0.25) is 9.69 Å². The summed E-state index contributed by atoms with van der Waals surface area (Å²) in [5.74, 6) is 1.32. The SMILES string of the molecule is CCN1C(=O)/C(=C/c2cccc(OCc3ccc(C)cc3)c2)S/C1=N/c1cccc(C)n1. The summed E-state index contributed by atoms with van der Waals surface area (Å²) < 4.78 is 5.95. The van der Waals surface area contributed by atoms with Gasteiger partial charge in [0.2, 0.25) is 0 Å². The molecule has 4 rings (SSSR count).